The van der Waals surface area contributed by atoms with Crippen molar-refractivity contribution in [1.29, 1.82) is 0 Å². The number of aromatic carboxylic acids is 1. The molecule has 0 aliphatic carbocycles. The first-order valence-corrected chi connectivity index (χ1v) is 6.12. The molecule has 106 valence electrons. The Balaban J connectivity index is 2.56. The van der Waals surface area contributed by atoms with Crippen LogP contribution in [0.2, 0.25) is 0 Å². The van der Waals surface area contributed by atoms with Crippen LogP contribution in [0.4, 0.5) is 4.39 Å². The van der Waals surface area contributed by atoms with Gasteiger partial charge in [-0.25, -0.2) is 14.2 Å². The van der Waals surface area contributed by atoms with E-state index < -0.39 is 22.8 Å². The van der Waals surface area contributed by atoms with Crippen LogP contribution in [0.25, 0.3) is 21.9 Å². The highest BCUT2D eigenvalue weighted by atomic mass is 19.1. The van der Waals surface area contributed by atoms with Gasteiger partial charge in [0.15, 0.2) is 0 Å². The number of carbonyl (C=O) groups is 1. The van der Waals surface area contributed by atoms with Crippen LogP contribution in [0, 0.1) is 19.7 Å². The number of carboxylic acids is 1. The average Bonchev–Trinajstić information content (AvgIpc) is 2.42. The molecule has 3 rings (SSSR count). The number of aromatic amines is 1. The molecule has 2 aromatic heterocycles. The molecule has 7 heteroatoms. The summed E-state index contributed by atoms with van der Waals surface area (Å²) in [5.41, 5.74) is 0.613. The van der Waals surface area contributed by atoms with E-state index in [9.17, 15) is 14.0 Å². The van der Waals surface area contributed by atoms with Gasteiger partial charge in [-0.2, -0.15) is 0 Å². The van der Waals surface area contributed by atoms with Crippen LogP contribution in [-0.4, -0.2) is 26.0 Å². The fraction of sp³-hybridized carbons (Fsp3) is 0.143. The summed E-state index contributed by atoms with van der Waals surface area (Å²) >= 11 is 0. The van der Waals surface area contributed by atoms with Gasteiger partial charge in [-0.15, -0.1) is 0 Å². The average molecular weight is 287 g/mol. The monoisotopic (exact) mass is 287 g/mol. The van der Waals surface area contributed by atoms with Gasteiger partial charge in [-0.3, -0.25) is 9.78 Å². The van der Waals surface area contributed by atoms with Crippen LogP contribution in [-0.2, 0) is 0 Å². The predicted molar refractivity (Wildman–Crippen MR) is 74.1 cm³/mol. The Morgan fingerprint density at radius 2 is 2.05 bits per heavy atom. The lowest BCUT2D eigenvalue weighted by molar-refractivity contribution is 0.0695. The molecule has 0 bridgehead atoms. The number of pyridine rings is 1. The number of nitrogens with zero attached hydrogens (tertiary/aromatic N) is 2. The fourth-order valence-electron chi connectivity index (χ4n) is 2.17. The Morgan fingerprint density at radius 3 is 2.71 bits per heavy atom. The number of halogens is 1. The molecular weight excluding hydrogens is 277 g/mol. The molecule has 0 spiro atoms. The Hall–Kier alpha value is -2.83. The second kappa shape index (κ2) is 4.34. The largest absolute Gasteiger partial charge is 0.477 e. The SMILES string of the molecule is Cc1nc2c([nH]c1C)c(F)cc1c(=O)c(C(=O)O)cnc12. The topological polar surface area (TPSA) is 95.9 Å². The molecule has 0 atom stereocenters. The Kier molecular flexibility index (Phi) is 2.72. The summed E-state index contributed by atoms with van der Waals surface area (Å²) < 4.78 is 14.2. The Labute approximate surface area is 117 Å². The first-order valence-electron chi connectivity index (χ1n) is 6.12. The number of rotatable bonds is 1. The maximum atomic E-state index is 14.2. The first-order chi connectivity index (χ1) is 9.90. The summed E-state index contributed by atoms with van der Waals surface area (Å²) in [7, 11) is 0. The summed E-state index contributed by atoms with van der Waals surface area (Å²) in [5.74, 6) is -2.07. The number of nitrogens with one attached hydrogen (secondary N) is 1. The highest BCUT2D eigenvalue weighted by molar-refractivity contribution is 6.03. The van der Waals surface area contributed by atoms with Crippen molar-refractivity contribution in [2.45, 2.75) is 13.8 Å². The molecule has 0 radical (unpaired) electrons. The van der Waals surface area contributed by atoms with E-state index in [0.29, 0.717) is 11.4 Å². The Morgan fingerprint density at radius 1 is 1.33 bits per heavy atom. The third-order valence-corrected chi connectivity index (χ3v) is 3.40. The zero-order valence-electron chi connectivity index (χ0n) is 11.2. The van der Waals surface area contributed by atoms with Crippen molar-refractivity contribution in [1.82, 2.24) is 15.0 Å². The van der Waals surface area contributed by atoms with Crippen molar-refractivity contribution in [2.24, 2.45) is 0 Å². The van der Waals surface area contributed by atoms with E-state index in [1.165, 1.54) is 0 Å². The smallest absolute Gasteiger partial charge is 0.341 e. The van der Waals surface area contributed by atoms with Gasteiger partial charge in [-0.1, -0.05) is 0 Å². The maximum absolute atomic E-state index is 14.2. The summed E-state index contributed by atoms with van der Waals surface area (Å²) in [6.07, 6.45) is 0.973. The van der Waals surface area contributed by atoms with Crippen LogP contribution in [0.15, 0.2) is 17.1 Å². The molecule has 0 amide bonds. The third kappa shape index (κ3) is 1.85. The highest BCUT2D eigenvalue weighted by Crippen LogP contribution is 2.23. The number of hydrogen-bond acceptors (Lipinski definition) is 4. The van der Waals surface area contributed by atoms with Gasteiger partial charge in [0.1, 0.15) is 27.9 Å². The van der Waals surface area contributed by atoms with Crippen molar-refractivity contribution in [2.75, 3.05) is 0 Å². The van der Waals surface area contributed by atoms with E-state index in [1.807, 2.05) is 0 Å². The number of carboxylic acid groups (broad SMARTS) is 1. The van der Waals surface area contributed by atoms with E-state index in [0.717, 1.165) is 12.3 Å². The van der Waals surface area contributed by atoms with Crippen LogP contribution in [0.1, 0.15) is 21.7 Å². The summed E-state index contributed by atoms with van der Waals surface area (Å²) in [6.45, 7) is 3.50. The zero-order chi connectivity index (χ0) is 15.3. The van der Waals surface area contributed by atoms with Gasteiger partial charge >= 0.3 is 5.97 Å². The van der Waals surface area contributed by atoms with Crippen LogP contribution in [0.3, 0.4) is 0 Å². The molecule has 0 unspecified atom stereocenters. The molecule has 1 aromatic carbocycles. The lowest BCUT2D eigenvalue weighted by Crippen LogP contribution is -2.16. The molecule has 6 nitrogen and oxygen atoms in total. The van der Waals surface area contributed by atoms with E-state index in [4.69, 9.17) is 5.11 Å². The standard InChI is InChI=1S/C14H10FN3O3/c1-5-6(2)18-12-10-7(3-9(15)11(12)17-5)13(19)8(4-16-10)14(20)21/h3-4,17H,1-2H3,(H,20,21). The van der Waals surface area contributed by atoms with Crippen LogP contribution in [0.5, 0.6) is 0 Å². The maximum Gasteiger partial charge on any atom is 0.341 e. The van der Waals surface area contributed by atoms with Crippen molar-refractivity contribution in [3.05, 3.63) is 45.3 Å². The molecular formula is C14H10FN3O3. The number of aromatic nitrogens is 3. The number of H-pyrrole nitrogens is 1. The molecule has 0 saturated carbocycles. The molecule has 21 heavy (non-hydrogen) atoms. The van der Waals surface area contributed by atoms with E-state index in [-0.39, 0.29) is 21.9 Å². The molecule has 3 aromatic rings. The molecule has 0 aliphatic heterocycles. The highest BCUT2D eigenvalue weighted by Gasteiger charge is 2.17. The normalized spacial score (nSPS) is 11.2. The van der Waals surface area contributed by atoms with Gasteiger partial charge in [0.25, 0.3) is 0 Å². The summed E-state index contributed by atoms with van der Waals surface area (Å²) in [5, 5.41) is 8.84. The molecule has 0 aliphatic rings. The lowest BCUT2D eigenvalue weighted by Gasteiger charge is -2.08. The van der Waals surface area contributed by atoms with Crippen molar-refractivity contribution >= 4 is 27.9 Å². The van der Waals surface area contributed by atoms with Crippen molar-refractivity contribution in [3.8, 4) is 0 Å². The summed E-state index contributed by atoms with van der Waals surface area (Å²) in [4.78, 5) is 34.2. The molecule has 2 N–H and O–H groups in total. The number of benzene rings is 1. The van der Waals surface area contributed by atoms with Gasteiger partial charge < -0.3 is 10.1 Å². The van der Waals surface area contributed by atoms with E-state index in [1.54, 1.807) is 13.8 Å². The van der Waals surface area contributed by atoms with Gasteiger partial charge in [0.2, 0.25) is 5.43 Å². The second-order valence-corrected chi connectivity index (χ2v) is 4.73. The number of aryl methyl sites for hydroxylation is 2. The minimum Gasteiger partial charge on any atom is -0.477 e. The minimum atomic E-state index is -1.39. The fourth-order valence-corrected chi connectivity index (χ4v) is 2.17. The predicted octanol–water partition coefficient (Wildman–Crippen LogP) is 1.93. The quantitative estimate of drug-likeness (QED) is 0.667. The Bertz CT molecular complexity index is 979. The lowest BCUT2D eigenvalue weighted by atomic mass is 10.1. The second-order valence-electron chi connectivity index (χ2n) is 4.73. The van der Waals surface area contributed by atoms with E-state index >= 15 is 0 Å². The molecule has 0 fully saturated rings. The molecule has 2 heterocycles. The number of fused-ring (bicyclic) bond motifs is 3. The first kappa shape index (κ1) is 13.2. The van der Waals surface area contributed by atoms with Crippen LogP contribution >= 0.6 is 0 Å². The molecule has 0 saturated heterocycles. The number of hydrogen-bond donors (Lipinski definition) is 2. The third-order valence-electron chi connectivity index (χ3n) is 3.40. The van der Waals surface area contributed by atoms with Crippen molar-refractivity contribution in [3.63, 3.8) is 0 Å². The van der Waals surface area contributed by atoms with Gasteiger partial charge in [-0.05, 0) is 19.9 Å². The minimum absolute atomic E-state index is 0.0935. The van der Waals surface area contributed by atoms with Crippen molar-refractivity contribution < 1.29 is 14.3 Å². The van der Waals surface area contributed by atoms with Gasteiger partial charge in [0, 0.05) is 11.9 Å². The van der Waals surface area contributed by atoms with Gasteiger partial charge in [0.05, 0.1) is 11.1 Å². The van der Waals surface area contributed by atoms with E-state index in [2.05, 4.69) is 15.0 Å². The zero-order valence-corrected chi connectivity index (χ0v) is 11.2. The van der Waals surface area contributed by atoms with Crippen LogP contribution < -0.4 is 5.43 Å². The summed E-state index contributed by atoms with van der Waals surface area (Å²) in [6, 6.07) is 0.992.